The zero-order valence-corrected chi connectivity index (χ0v) is 8.46. The van der Waals surface area contributed by atoms with Crippen molar-refractivity contribution < 1.29 is 4.79 Å². The van der Waals surface area contributed by atoms with E-state index in [9.17, 15) is 4.79 Å². The van der Waals surface area contributed by atoms with Crippen LogP contribution < -0.4 is 0 Å². The molecule has 2 rings (SSSR count). The van der Waals surface area contributed by atoms with Gasteiger partial charge in [-0.15, -0.1) is 0 Å². The van der Waals surface area contributed by atoms with E-state index in [1.165, 1.54) is 32.1 Å². The molecule has 0 spiro atoms. The Kier molecular flexibility index (Phi) is 2.56. The van der Waals surface area contributed by atoms with Gasteiger partial charge in [0.1, 0.15) is 0 Å². The van der Waals surface area contributed by atoms with Gasteiger partial charge in [-0.2, -0.15) is 0 Å². The maximum Gasteiger partial charge on any atom is 0.225 e. The van der Waals surface area contributed by atoms with Crippen LogP contribution in [0.5, 0.6) is 0 Å². The van der Waals surface area contributed by atoms with Crippen LogP contribution in [0.25, 0.3) is 0 Å². The summed E-state index contributed by atoms with van der Waals surface area (Å²) in [7, 11) is 0. The van der Waals surface area contributed by atoms with Crippen molar-refractivity contribution in [1.82, 2.24) is 4.90 Å². The molecule has 1 heterocycles. The first-order chi connectivity index (χ1) is 6.29. The lowest BCUT2D eigenvalue weighted by molar-refractivity contribution is -0.133. The highest BCUT2D eigenvalue weighted by Gasteiger charge is 2.33. The van der Waals surface area contributed by atoms with Crippen LogP contribution in [0.2, 0.25) is 0 Å². The van der Waals surface area contributed by atoms with Crippen LogP contribution in [-0.2, 0) is 4.79 Å². The first-order valence-electron chi connectivity index (χ1n) is 5.59. The Morgan fingerprint density at radius 3 is 2.38 bits per heavy atom. The van der Waals surface area contributed by atoms with Crippen LogP contribution >= 0.6 is 0 Å². The van der Waals surface area contributed by atoms with Gasteiger partial charge in [-0.25, -0.2) is 0 Å². The highest BCUT2D eigenvalue weighted by molar-refractivity contribution is 5.80. The van der Waals surface area contributed by atoms with E-state index in [1.807, 2.05) is 0 Å². The fraction of sp³-hybridized carbons (Fsp3) is 0.909. The lowest BCUT2D eigenvalue weighted by atomic mass is 9.94. The summed E-state index contributed by atoms with van der Waals surface area (Å²) in [6.45, 7) is 3.08. The van der Waals surface area contributed by atoms with E-state index in [-0.39, 0.29) is 0 Å². The molecular weight excluding hydrogens is 162 g/mol. The van der Waals surface area contributed by atoms with E-state index in [0.29, 0.717) is 17.9 Å². The van der Waals surface area contributed by atoms with Gasteiger partial charge in [0.05, 0.1) is 0 Å². The molecule has 1 aliphatic carbocycles. The molecule has 0 N–H and O–H groups in total. The molecule has 13 heavy (non-hydrogen) atoms. The van der Waals surface area contributed by atoms with Crippen molar-refractivity contribution in [2.75, 3.05) is 6.54 Å². The number of hydrogen-bond acceptors (Lipinski definition) is 1. The number of carbonyl (C=O) groups is 1. The maximum absolute atomic E-state index is 11.7. The fourth-order valence-electron chi connectivity index (χ4n) is 2.60. The summed E-state index contributed by atoms with van der Waals surface area (Å²) in [5, 5.41) is 0. The highest BCUT2D eigenvalue weighted by atomic mass is 16.2. The molecule has 1 amide bonds. The molecule has 2 nitrogen and oxygen atoms in total. The van der Waals surface area contributed by atoms with Crippen molar-refractivity contribution in [2.45, 2.75) is 51.5 Å². The Morgan fingerprint density at radius 2 is 1.85 bits per heavy atom. The van der Waals surface area contributed by atoms with Crippen LogP contribution in [0.1, 0.15) is 45.4 Å². The number of nitrogens with zero attached hydrogens (tertiary/aromatic N) is 1. The van der Waals surface area contributed by atoms with E-state index >= 15 is 0 Å². The van der Waals surface area contributed by atoms with Gasteiger partial charge in [0.25, 0.3) is 0 Å². The maximum atomic E-state index is 11.7. The van der Waals surface area contributed by atoms with Crippen LogP contribution in [0, 0.1) is 5.92 Å². The van der Waals surface area contributed by atoms with Crippen molar-refractivity contribution >= 4 is 5.91 Å². The summed E-state index contributed by atoms with van der Waals surface area (Å²) in [6, 6.07) is 0.589. The predicted octanol–water partition coefficient (Wildman–Crippen LogP) is 2.19. The summed E-state index contributed by atoms with van der Waals surface area (Å²) in [5.74, 6) is 0.703. The monoisotopic (exact) mass is 181 g/mol. The van der Waals surface area contributed by atoms with Crippen molar-refractivity contribution in [3.05, 3.63) is 0 Å². The van der Waals surface area contributed by atoms with Gasteiger partial charge in [-0.1, -0.05) is 26.2 Å². The summed E-state index contributed by atoms with van der Waals surface area (Å²) in [5.41, 5.74) is 0. The second kappa shape index (κ2) is 3.69. The number of rotatable bonds is 1. The summed E-state index contributed by atoms with van der Waals surface area (Å²) >= 11 is 0. The topological polar surface area (TPSA) is 20.3 Å². The van der Waals surface area contributed by atoms with Crippen LogP contribution in [0.15, 0.2) is 0 Å². The summed E-state index contributed by atoms with van der Waals surface area (Å²) in [4.78, 5) is 13.9. The Morgan fingerprint density at radius 1 is 1.15 bits per heavy atom. The quantitative estimate of drug-likeness (QED) is 0.607. The van der Waals surface area contributed by atoms with Crippen molar-refractivity contribution in [3.8, 4) is 0 Å². The van der Waals surface area contributed by atoms with E-state index in [2.05, 4.69) is 11.8 Å². The van der Waals surface area contributed by atoms with E-state index in [1.54, 1.807) is 0 Å². The minimum absolute atomic E-state index is 0.293. The Balaban J connectivity index is 1.96. The third-order valence-corrected chi connectivity index (χ3v) is 3.52. The predicted molar refractivity (Wildman–Crippen MR) is 52.4 cm³/mol. The zero-order valence-electron chi connectivity index (χ0n) is 8.46. The lowest BCUT2D eigenvalue weighted by Gasteiger charge is -2.31. The van der Waals surface area contributed by atoms with Crippen LogP contribution in [-0.4, -0.2) is 23.4 Å². The van der Waals surface area contributed by atoms with E-state index in [4.69, 9.17) is 0 Å². The molecule has 0 radical (unpaired) electrons. The van der Waals surface area contributed by atoms with Crippen LogP contribution in [0.3, 0.4) is 0 Å². The molecule has 0 unspecified atom stereocenters. The Hall–Kier alpha value is -0.530. The molecule has 1 aliphatic heterocycles. The number of likely N-dealkylation sites (tertiary alicyclic amines) is 1. The zero-order chi connectivity index (χ0) is 9.26. The molecular formula is C11H19NO. The molecule has 2 aliphatic rings. The average molecular weight is 181 g/mol. The van der Waals surface area contributed by atoms with Gasteiger partial charge in [-0.05, 0) is 19.3 Å². The molecule has 0 bridgehead atoms. The van der Waals surface area contributed by atoms with E-state index < -0.39 is 0 Å². The molecule has 2 fully saturated rings. The second-order valence-electron chi connectivity index (χ2n) is 4.51. The minimum Gasteiger partial charge on any atom is -0.339 e. The van der Waals surface area contributed by atoms with E-state index in [0.717, 1.165) is 13.0 Å². The third kappa shape index (κ3) is 1.72. The molecule has 0 aromatic heterocycles. The molecule has 2 heteroatoms. The standard InChI is InChI=1S/C11H19NO/c1-9-7-8-12(11(9)13)10-5-3-2-4-6-10/h9-10H,2-8H2,1H3/t9-/m0/s1. The number of amides is 1. The molecule has 1 atom stereocenters. The first-order valence-corrected chi connectivity index (χ1v) is 5.59. The summed E-state index contributed by atoms with van der Waals surface area (Å²) < 4.78 is 0. The molecule has 1 saturated heterocycles. The fourth-order valence-corrected chi connectivity index (χ4v) is 2.60. The SMILES string of the molecule is C[C@H]1CCN(C2CCCCC2)C1=O. The smallest absolute Gasteiger partial charge is 0.225 e. The largest absolute Gasteiger partial charge is 0.339 e. The Bertz CT molecular complexity index is 196. The van der Waals surface area contributed by atoms with Gasteiger partial charge < -0.3 is 4.90 Å². The lowest BCUT2D eigenvalue weighted by Crippen LogP contribution is -2.38. The van der Waals surface area contributed by atoms with Crippen molar-refractivity contribution in [3.63, 3.8) is 0 Å². The van der Waals surface area contributed by atoms with Gasteiger partial charge >= 0.3 is 0 Å². The second-order valence-corrected chi connectivity index (χ2v) is 4.51. The van der Waals surface area contributed by atoms with Crippen molar-refractivity contribution in [2.24, 2.45) is 5.92 Å². The molecule has 0 aromatic rings. The van der Waals surface area contributed by atoms with Gasteiger partial charge in [0.2, 0.25) is 5.91 Å². The number of carbonyl (C=O) groups excluding carboxylic acids is 1. The normalized spacial score (nSPS) is 31.3. The number of hydrogen-bond donors (Lipinski definition) is 0. The summed E-state index contributed by atoms with van der Waals surface area (Å²) in [6.07, 6.45) is 7.59. The van der Waals surface area contributed by atoms with Crippen molar-refractivity contribution in [1.29, 1.82) is 0 Å². The Labute approximate surface area is 80.3 Å². The van der Waals surface area contributed by atoms with Gasteiger partial charge in [-0.3, -0.25) is 4.79 Å². The molecule has 0 aromatic carbocycles. The first kappa shape index (κ1) is 9.04. The molecule has 74 valence electrons. The highest BCUT2D eigenvalue weighted by Crippen LogP contribution is 2.28. The third-order valence-electron chi connectivity index (χ3n) is 3.52. The average Bonchev–Trinajstić information content (AvgIpc) is 2.49. The van der Waals surface area contributed by atoms with Gasteiger partial charge in [0, 0.05) is 18.5 Å². The van der Waals surface area contributed by atoms with Gasteiger partial charge in [0.15, 0.2) is 0 Å². The van der Waals surface area contributed by atoms with Crippen LogP contribution in [0.4, 0.5) is 0 Å². The molecule has 1 saturated carbocycles. The minimum atomic E-state index is 0.293.